The first-order chi connectivity index (χ1) is 8.20. The quantitative estimate of drug-likeness (QED) is 0.835. The molecule has 17 heavy (non-hydrogen) atoms. The molecule has 0 spiro atoms. The molecular formula is C13H19NO2S. The van der Waals surface area contributed by atoms with Gasteiger partial charge in [-0.05, 0) is 31.1 Å². The zero-order chi connectivity index (χ0) is 12.7. The molecule has 0 aliphatic heterocycles. The Balaban J connectivity index is 2.68. The fourth-order valence-corrected chi connectivity index (χ4v) is 2.01. The fourth-order valence-electron chi connectivity index (χ4n) is 1.37. The molecule has 0 aromatic carbocycles. The molecule has 0 atom stereocenters. The van der Waals surface area contributed by atoms with Crippen LogP contribution in [0.2, 0.25) is 0 Å². The molecule has 0 radical (unpaired) electrons. The van der Waals surface area contributed by atoms with Crippen LogP contribution in [0.25, 0.3) is 5.57 Å². The van der Waals surface area contributed by atoms with E-state index in [2.05, 4.69) is 23.6 Å². The van der Waals surface area contributed by atoms with Gasteiger partial charge in [-0.3, -0.25) is 0 Å². The predicted octanol–water partition coefficient (Wildman–Crippen LogP) is 3.88. The predicted molar refractivity (Wildman–Crippen MR) is 72.5 cm³/mol. The zero-order valence-corrected chi connectivity index (χ0v) is 11.4. The molecule has 1 heterocycles. The number of allylic oxidation sites excluding steroid dienone is 2. The Morgan fingerprint density at radius 1 is 1.53 bits per heavy atom. The van der Waals surface area contributed by atoms with Gasteiger partial charge in [-0.25, -0.2) is 0 Å². The number of thioether (sulfide) groups is 1. The van der Waals surface area contributed by atoms with Crippen molar-refractivity contribution in [1.82, 2.24) is 5.16 Å². The van der Waals surface area contributed by atoms with Gasteiger partial charge in [-0.1, -0.05) is 24.6 Å². The second kappa shape index (κ2) is 7.35. The molecule has 1 rings (SSSR count). The van der Waals surface area contributed by atoms with Crippen LogP contribution in [0.5, 0.6) is 0 Å². The Morgan fingerprint density at radius 2 is 2.29 bits per heavy atom. The molecule has 1 aromatic rings. The Morgan fingerprint density at radius 3 is 2.94 bits per heavy atom. The van der Waals surface area contributed by atoms with Gasteiger partial charge in [0.25, 0.3) is 0 Å². The first-order valence-corrected chi connectivity index (χ1v) is 6.68. The summed E-state index contributed by atoms with van der Waals surface area (Å²) in [5.41, 5.74) is 2.51. The molecule has 0 saturated heterocycles. The smallest absolute Gasteiger partial charge is 0.168 e. The lowest BCUT2D eigenvalue weighted by molar-refractivity contribution is 0.279. The maximum atomic E-state index is 9.23. The summed E-state index contributed by atoms with van der Waals surface area (Å²) in [6, 6.07) is 0. The summed E-state index contributed by atoms with van der Waals surface area (Å²) in [7, 11) is 0. The normalized spacial score (nSPS) is 12.6. The Kier molecular flexibility index (Phi) is 6.08. The molecule has 0 aliphatic rings. The molecular weight excluding hydrogens is 234 g/mol. The van der Waals surface area contributed by atoms with Crippen molar-refractivity contribution in [2.75, 3.05) is 0 Å². The van der Waals surface area contributed by atoms with Gasteiger partial charge < -0.3 is 9.63 Å². The highest BCUT2D eigenvalue weighted by Gasteiger charge is 2.12. The molecule has 0 fully saturated rings. The summed E-state index contributed by atoms with van der Waals surface area (Å²) in [6.45, 7) is 5.91. The number of hydrogen-bond donors (Lipinski definition) is 1. The van der Waals surface area contributed by atoms with Crippen molar-refractivity contribution in [3.8, 4) is 0 Å². The molecule has 0 unspecified atom stereocenters. The third kappa shape index (κ3) is 4.06. The minimum atomic E-state index is -0.0355. The monoisotopic (exact) mass is 253 g/mol. The van der Waals surface area contributed by atoms with Crippen molar-refractivity contribution in [3.63, 3.8) is 0 Å². The van der Waals surface area contributed by atoms with Crippen LogP contribution in [0, 0.1) is 6.92 Å². The first kappa shape index (κ1) is 14.1. The molecule has 1 N–H and O–H groups in total. The van der Waals surface area contributed by atoms with E-state index in [-0.39, 0.29) is 6.61 Å². The van der Waals surface area contributed by atoms with Crippen LogP contribution in [0.4, 0.5) is 0 Å². The number of hydrogen-bond acceptors (Lipinski definition) is 4. The van der Waals surface area contributed by atoms with Gasteiger partial charge in [0.15, 0.2) is 5.76 Å². The summed E-state index contributed by atoms with van der Waals surface area (Å²) in [4.78, 5) is 0. The van der Waals surface area contributed by atoms with Gasteiger partial charge in [-0.15, -0.1) is 11.8 Å². The van der Waals surface area contributed by atoms with Crippen LogP contribution in [0.1, 0.15) is 43.7 Å². The number of aryl methyl sites for hydroxylation is 1. The van der Waals surface area contributed by atoms with Gasteiger partial charge in [0, 0.05) is 11.1 Å². The van der Waals surface area contributed by atoms with Crippen molar-refractivity contribution >= 4 is 17.3 Å². The van der Waals surface area contributed by atoms with Gasteiger partial charge in [0.05, 0.1) is 12.3 Å². The summed E-state index contributed by atoms with van der Waals surface area (Å²) in [5.74, 6) is 0.682. The molecule has 94 valence electrons. The highest BCUT2D eigenvalue weighted by Crippen LogP contribution is 2.24. The van der Waals surface area contributed by atoms with E-state index in [0.717, 1.165) is 29.7 Å². The lowest BCUT2D eigenvalue weighted by Gasteiger charge is -1.97. The largest absolute Gasteiger partial charge is 0.391 e. The Bertz CT molecular complexity index is 408. The SMILES string of the molecule is CCC/C=C\S/C=C(\C)c1onc(C)c1CO. The lowest BCUT2D eigenvalue weighted by Crippen LogP contribution is -1.88. The number of aromatic nitrogens is 1. The van der Waals surface area contributed by atoms with Gasteiger partial charge in [-0.2, -0.15) is 0 Å². The van der Waals surface area contributed by atoms with Crippen molar-refractivity contribution in [2.24, 2.45) is 0 Å². The van der Waals surface area contributed by atoms with Gasteiger partial charge >= 0.3 is 0 Å². The number of nitrogens with zero attached hydrogens (tertiary/aromatic N) is 1. The summed E-state index contributed by atoms with van der Waals surface area (Å²) >= 11 is 1.61. The van der Waals surface area contributed by atoms with Gasteiger partial charge in [0.2, 0.25) is 0 Å². The van der Waals surface area contributed by atoms with E-state index in [4.69, 9.17) is 4.52 Å². The first-order valence-electron chi connectivity index (χ1n) is 5.74. The molecule has 0 saturated carbocycles. The number of aliphatic hydroxyl groups is 1. The fraction of sp³-hybridized carbons (Fsp3) is 0.462. The highest BCUT2D eigenvalue weighted by atomic mass is 32.2. The topological polar surface area (TPSA) is 46.3 Å². The van der Waals surface area contributed by atoms with E-state index in [1.807, 2.05) is 19.3 Å². The van der Waals surface area contributed by atoms with Crippen LogP contribution in [0.15, 0.2) is 21.4 Å². The van der Waals surface area contributed by atoms with Crippen LogP contribution >= 0.6 is 11.8 Å². The van der Waals surface area contributed by atoms with Crippen LogP contribution in [-0.4, -0.2) is 10.3 Å². The minimum absolute atomic E-state index is 0.0355. The van der Waals surface area contributed by atoms with Crippen LogP contribution < -0.4 is 0 Å². The third-order valence-corrected chi connectivity index (χ3v) is 3.22. The van der Waals surface area contributed by atoms with Crippen molar-refractivity contribution in [1.29, 1.82) is 0 Å². The molecule has 3 nitrogen and oxygen atoms in total. The lowest BCUT2D eigenvalue weighted by atomic mass is 10.1. The van der Waals surface area contributed by atoms with E-state index in [9.17, 15) is 5.11 Å². The highest BCUT2D eigenvalue weighted by molar-refractivity contribution is 8.05. The second-order valence-electron chi connectivity index (χ2n) is 3.83. The van der Waals surface area contributed by atoms with Crippen molar-refractivity contribution in [2.45, 2.75) is 40.2 Å². The maximum absolute atomic E-state index is 9.23. The summed E-state index contributed by atoms with van der Waals surface area (Å²) < 4.78 is 5.21. The zero-order valence-electron chi connectivity index (χ0n) is 10.6. The molecule has 4 heteroatoms. The second-order valence-corrected chi connectivity index (χ2v) is 4.61. The Labute approximate surface area is 107 Å². The van der Waals surface area contributed by atoms with Crippen molar-refractivity contribution in [3.05, 3.63) is 33.9 Å². The number of unbranched alkanes of at least 4 members (excludes halogenated alkanes) is 1. The molecule has 0 aliphatic carbocycles. The van der Waals surface area contributed by atoms with E-state index >= 15 is 0 Å². The average Bonchev–Trinajstić information content (AvgIpc) is 2.70. The van der Waals surface area contributed by atoms with E-state index in [1.165, 1.54) is 0 Å². The van der Waals surface area contributed by atoms with E-state index in [1.54, 1.807) is 11.8 Å². The third-order valence-electron chi connectivity index (χ3n) is 2.38. The molecule has 0 bridgehead atoms. The minimum Gasteiger partial charge on any atom is -0.391 e. The molecule has 1 aromatic heterocycles. The average molecular weight is 253 g/mol. The van der Waals surface area contributed by atoms with Crippen molar-refractivity contribution < 1.29 is 9.63 Å². The van der Waals surface area contributed by atoms with E-state index < -0.39 is 0 Å². The van der Waals surface area contributed by atoms with E-state index in [0.29, 0.717) is 5.76 Å². The van der Waals surface area contributed by atoms with Crippen LogP contribution in [-0.2, 0) is 6.61 Å². The molecule has 0 amide bonds. The number of aliphatic hydroxyl groups excluding tert-OH is 1. The summed E-state index contributed by atoms with van der Waals surface area (Å²) in [6.07, 6.45) is 4.41. The Hall–Kier alpha value is -1.00. The summed E-state index contributed by atoms with van der Waals surface area (Å²) in [5, 5.41) is 17.2. The van der Waals surface area contributed by atoms with Gasteiger partial charge in [0.1, 0.15) is 0 Å². The number of rotatable bonds is 6. The van der Waals surface area contributed by atoms with Crippen LogP contribution in [0.3, 0.4) is 0 Å². The standard InChI is InChI=1S/C13H19NO2S/c1-4-5-6-7-17-9-10(2)13-12(8-15)11(3)14-16-13/h6-7,9,15H,4-5,8H2,1-3H3/b7-6-,10-9+. The maximum Gasteiger partial charge on any atom is 0.168 e.